The second-order valence-corrected chi connectivity index (χ2v) is 7.07. The van der Waals surface area contributed by atoms with Crippen LogP contribution in [0.25, 0.3) is 0 Å². The third kappa shape index (κ3) is 4.85. The lowest BCUT2D eigenvalue weighted by molar-refractivity contribution is 0.138. The Bertz CT molecular complexity index is 506. The minimum atomic E-state index is 0.134. The van der Waals surface area contributed by atoms with Crippen molar-refractivity contribution in [2.45, 2.75) is 38.1 Å². The number of rotatable bonds is 4. The van der Waals surface area contributed by atoms with Gasteiger partial charge >= 0.3 is 6.03 Å². The predicted molar refractivity (Wildman–Crippen MR) is 94.0 cm³/mol. The lowest BCUT2D eigenvalue weighted by Crippen LogP contribution is -2.53. The molecule has 1 saturated heterocycles. The minimum Gasteiger partial charge on any atom is -0.335 e. The second-order valence-electron chi connectivity index (χ2n) is 6.64. The van der Waals surface area contributed by atoms with Gasteiger partial charge in [0.1, 0.15) is 0 Å². The van der Waals surface area contributed by atoms with Crippen molar-refractivity contribution in [1.82, 2.24) is 15.1 Å². The molecule has 0 bridgehead atoms. The lowest BCUT2D eigenvalue weighted by Gasteiger charge is -2.35. The molecule has 1 aromatic carbocycles. The molecule has 126 valence electrons. The zero-order valence-electron chi connectivity index (χ0n) is 13.6. The number of benzene rings is 1. The van der Waals surface area contributed by atoms with Crippen LogP contribution in [0.15, 0.2) is 24.3 Å². The van der Waals surface area contributed by atoms with Crippen molar-refractivity contribution in [1.29, 1.82) is 0 Å². The van der Waals surface area contributed by atoms with Crippen molar-refractivity contribution in [3.8, 4) is 0 Å². The van der Waals surface area contributed by atoms with Gasteiger partial charge in [-0.2, -0.15) is 0 Å². The van der Waals surface area contributed by atoms with Gasteiger partial charge < -0.3 is 10.2 Å². The molecule has 0 aromatic heterocycles. The largest absolute Gasteiger partial charge is 0.335 e. The summed E-state index contributed by atoms with van der Waals surface area (Å²) in [5.41, 5.74) is 1.32. The summed E-state index contributed by atoms with van der Waals surface area (Å²) in [6, 6.07) is 8.62. The van der Waals surface area contributed by atoms with Crippen LogP contribution in [0.4, 0.5) is 4.79 Å². The number of nitrogens with one attached hydrogen (secondary N) is 1. The van der Waals surface area contributed by atoms with E-state index < -0.39 is 0 Å². The van der Waals surface area contributed by atoms with Crippen LogP contribution in [0, 0.1) is 0 Å². The molecule has 5 heteroatoms. The van der Waals surface area contributed by atoms with Crippen LogP contribution in [0.3, 0.4) is 0 Å². The standard InChI is InChI=1S/C18H26ClN3O/c19-16-7-5-15(6-8-16)9-10-21-11-13-22(14-12-21)18(23)20-17-3-1-2-4-17/h5-8,17H,1-4,9-14H2,(H,20,23). The molecule has 0 spiro atoms. The van der Waals surface area contributed by atoms with Crippen molar-refractivity contribution in [2.75, 3.05) is 32.7 Å². The lowest BCUT2D eigenvalue weighted by atomic mass is 10.1. The highest BCUT2D eigenvalue weighted by Crippen LogP contribution is 2.18. The van der Waals surface area contributed by atoms with Gasteiger partial charge in [-0.15, -0.1) is 0 Å². The van der Waals surface area contributed by atoms with Crippen LogP contribution < -0.4 is 5.32 Å². The average molecular weight is 336 g/mol. The van der Waals surface area contributed by atoms with Gasteiger partial charge in [0.25, 0.3) is 0 Å². The molecule has 2 fully saturated rings. The first-order valence-corrected chi connectivity index (χ1v) is 9.11. The minimum absolute atomic E-state index is 0.134. The van der Waals surface area contributed by atoms with Gasteiger partial charge in [0.05, 0.1) is 0 Å². The van der Waals surface area contributed by atoms with Gasteiger partial charge in [-0.25, -0.2) is 4.79 Å². The van der Waals surface area contributed by atoms with E-state index in [-0.39, 0.29) is 6.03 Å². The molecule has 1 N–H and O–H groups in total. The normalized spacial score (nSPS) is 20.0. The first-order chi connectivity index (χ1) is 11.2. The van der Waals surface area contributed by atoms with Gasteiger partial charge in [0, 0.05) is 43.8 Å². The number of hydrogen-bond donors (Lipinski definition) is 1. The van der Waals surface area contributed by atoms with Crippen LogP contribution in [0.1, 0.15) is 31.2 Å². The molecular weight excluding hydrogens is 310 g/mol. The van der Waals surface area contributed by atoms with E-state index in [0.717, 1.165) is 57.0 Å². The smallest absolute Gasteiger partial charge is 0.317 e. The zero-order valence-corrected chi connectivity index (χ0v) is 14.4. The fourth-order valence-corrected chi connectivity index (χ4v) is 3.57. The molecule has 0 radical (unpaired) electrons. The van der Waals surface area contributed by atoms with E-state index in [9.17, 15) is 4.79 Å². The molecule has 1 aliphatic carbocycles. The highest BCUT2D eigenvalue weighted by Gasteiger charge is 2.24. The first kappa shape index (κ1) is 16.6. The molecule has 1 aliphatic heterocycles. The van der Waals surface area contributed by atoms with Gasteiger partial charge in [0.2, 0.25) is 0 Å². The molecule has 0 atom stereocenters. The van der Waals surface area contributed by atoms with Gasteiger partial charge in [0.15, 0.2) is 0 Å². The molecule has 1 heterocycles. The van der Waals surface area contributed by atoms with E-state index in [2.05, 4.69) is 22.3 Å². The number of halogens is 1. The Morgan fingerprint density at radius 3 is 2.39 bits per heavy atom. The maximum atomic E-state index is 12.3. The predicted octanol–water partition coefficient (Wildman–Crippen LogP) is 3.15. The molecule has 1 aromatic rings. The number of nitrogens with zero attached hydrogens (tertiary/aromatic N) is 2. The second kappa shape index (κ2) is 8.02. The van der Waals surface area contributed by atoms with Crippen molar-refractivity contribution >= 4 is 17.6 Å². The van der Waals surface area contributed by atoms with E-state index in [1.165, 1.54) is 18.4 Å². The Labute approximate surface area is 143 Å². The summed E-state index contributed by atoms with van der Waals surface area (Å²) >= 11 is 5.91. The van der Waals surface area contributed by atoms with Crippen molar-refractivity contribution in [3.05, 3.63) is 34.9 Å². The molecule has 2 aliphatic rings. The molecule has 0 unspecified atom stereocenters. The first-order valence-electron chi connectivity index (χ1n) is 8.73. The topological polar surface area (TPSA) is 35.6 Å². The summed E-state index contributed by atoms with van der Waals surface area (Å²) in [6.07, 6.45) is 5.83. The van der Waals surface area contributed by atoms with Gasteiger partial charge in [-0.05, 0) is 37.0 Å². The maximum absolute atomic E-state index is 12.3. The third-order valence-electron chi connectivity index (χ3n) is 4.97. The van der Waals surface area contributed by atoms with E-state index in [4.69, 9.17) is 11.6 Å². The summed E-state index contributed by atoms with van der Waals surface area (Å²) in [5, 5.41) is 3.97. The summed E-state index contributed by atoms with van der Waals surface area (Å²) in [7, 11) is 0. The maximum Gasteiger partial charge on any atom is 0.317 e. The van der Waals surface area contributed by atoms with E-state index in [1.54, 1.807) is 0 Å². The SMILES string of the molecule is O=C(NC1CCCC1)N1CCN(CCc2ccc(Cl)cc2)CC1. The average Bonchev–Trinajstić information content (AvgIpc) is 3.08. The fourth-order valence-electron chi connectivity index (χ4n) is 3.45. The zero-order chi connectivity index (χ0) is 16.1. The number of hydrogen-bond acceptors (Lipinski definition) is 2. The van der Waals surface area contributed by atoms with Gasteiger partial charge in [-0.3, -0.25) is 4.90 Å². The third-order valence-corrected chi connectivity index (χ3v) is 5.22. The Balaban J connectivity index is 1.37. The Hall–Kier alpha value is -1.26. The van der Waals surface area contributed by atoms with Crippen LogP contribution in [-0.2, 0) is 6.42 Å². The molecule has 23 heavy (non-hydrogen) atoms. The van der Waals surface area contributed by atoms with E-state index in [0.29, 0.717) is 6.04 Å². The number of piperazine rings is 1. The highest BCUT2D eigenvalue weighted by molar-refractivity contribution is 6.30. The summed E-state index contributed by atoms with van der Waals surface area (Å²) in [6.45, 7) is 4.63. The molecule has 4 nitrogen and oxygen atoms in total. The Morgan fingerprint density at radius 2 is 1.74 bits per heavy atom. The Morgan fingerprint density at radius 1 is 1.09 bits per heavy atom. The molecule has 3 rings (SSSR count). The number of carbonyl (C=O) groups excluding carboxylic acids is 1. The number of amides is 2. The van der Waals surface area contributed by atoms with E-state index >= 15 is 0 Å². The van der Waals surface area contributed by atoms with Gasteiger partial charge in [-0.1, -0.05) is 36.6 Å². The summed E-state index contributed by atoms with van der Waals surface area (Å²) < 4.78 is 0. The molecular formula is C18H26ClN3O. The molecule has 1 saturated carbocycles. The quantitative estimate of drug-likeness (QED) is 0.917. The number of urea groups is 1. The van der Waals surface area contributed by atoms with Crippen molar-refractivity contribution in [3.63, 3.8) is 0 Å². The van der Waals surface area contributed by atoms with Crippen LogP contribution in [0.5, 0.6) is 0 Å². The van der Waals surface area contributed by atoms with Crippen LogP contribution in [-0.4, -0.2) is 54.6 Å². The molecule has 2 amide bonds. The monoisotopic (exact) mass is 335 g/mol. The summed E-state index contributed by atoms with van der Waals surface area (Å²) in [5.74, 6) is 0. The van der Waals surface area contributed by atoms with Crippen molar-refractivity contribution < 1.29 is 4.79 Å². The fraction of sp³-hybridized carbons (Fsp3) is 0.611. The van der Waals surface area contributed by atoms with E-state index in [1.807, 2.05) is 17.0 Å². The summed E-state index contributed by atoms with van der Waals surface area (Å²) in [4.78, 5) is 16.7. The van der Waals surface area contributed by atoms with Crippen molar-refractivity contribution in [2.24, 2.45) is 0 Å². The highest BCUT2D eigenvalue weighted by atomic mass is 35.5. The number of carbonyl (C=O) groups is 1. The van der Waals surface area contributed by atoms with Crippen LogP contribution >= 0.6 is 11.6 Å². The van der Waals surface area contributed by atoms with Crippen LogP contribution in [0.2, 0.25) is 5.02 Å². The Kier molecular flexibility index (Phi) is 5.79.